The van der Waals surface area contributed by atoms with Gasteiger partial charge in [-0.1, -0.05) is 115 Å². The highest BCUT2D eigenvalue weighted by Gasteiger charge is 2.19. The normalized spacial score (nSPS) is 11.5. The summed E-state index contributed by atoms with van der Waals surface area (Å²) in [6.07, 6.45) is 1.85. The van der Waals surface area contributed by atoms with Gasteiger partial charge in [0, 0.05) is 39.3 Å². The number of pyridine rings is 1. The molecule has 0 amide bonds. The van der Waals surface area contributed by atoms with Gasteiger partial charge in [0.2, 0.25) is 0 Å². The molecule has 4 heteroatoms. The molecular weight excluding hydrogens is 579 g/mol. The lowest BCUT2D eigenvalue weighted by Gasteiger charge is -2.13. The van der Waals surface area contributed by atoms with Gasteiger partial charge in [0.15, 0.2) is 0 Å². The van der Waals surface area contributed by atoms with Gasteiger partial charge < -0.3 is 4.57 Å². The van der Waals surface area contributed by atoms with Crippen molar-refractivity contribution in [3.05, 3.63) is 164 Å². The molecule has 0 aliphatic heterocycles. The van der Waals surface area contributed by atoms with Crippen molar-refractivity contribution in [2.75, 3.05) is 0 Å². The van der Waals surface area contributed by atoms with Crippen LogP contribution < -0.4 is 0 Å². The Morgan fingerprint density at radius 3 is 2.09 bits per heavy atom. The third-order valence-electron chi connectivity index (χ3n) is 8.70. The van der Waals surface area contributed by atoms with Crippen LogP contribution in [0, 0.1) is 0 Å². The molecule has 0 saturated heterocycles. The Morgan fingerprint density at radius 2 is 1.24 bits per heavy atom. The van der Waals surface area contributed by atoms with Crippen LogP contribution in [-0.2, 0) is 0 Å². The summed E-state index contributed by atoms with van der Waals surface area (Å²) in [7, 11) is 0. The molecule has 0 aliphatic rings. The van der Waals surface area contributed by atoms with Crippen molar-refractivity contribution >= 4 is 43.4 Å². The number of fused-ring (bicyclic) bond motifs is 4. The molecule has 9 aromatic rings. The van der Waals surface area contributed by atoms with Crippen LogP contribution in [0.4, 0.5) is 0 Å². The average molecular weight is 606 g/mol. The molecule has 6 aromatic carbocycles. The largest absolute Gasteiger partial charge is 0.309 e. The summed E-state index contributed by atoms with van der Waals surface area (Å²) < 4.78 is 3.62. The summed E-state index contributed by atoms with van der Waals surface area (Å²) in [5, 5.41) is 3.46. The molecule has 0 unspecified atom stereocenters. The summed E-state index contributed by atoms with van der Waals surface area (Å²) in [4.78, 5) is 9.65. The molecule has 0 N–H and O–H groups in total. The lowest BCUT2D eigenvalue weighted by atomic mass is 9.98. The monoisotopic (exact) mass is 605 g/mol. The highest BCUT2D eigenvalue weighted by atomic mass is 32.1. The van der Waals surface area contributed by atoms with Crippen LogP contribution in [0.3, 0.4) is 0 Å². The van der Waals surface area contributed by atoms with Gasteiger partial charge in [-0.2, -0.15) is 0 Å². The highest BCUT2D eigenvalue weighted by Crippen LogP contribution is 2.41. The van der Waals surface area contributed by atoms with Crippen LogP contribution in [0.2, 0.25) is 0 Å². The second-order valence-corrected chi connectivity index (χ2v) is 12.5. The molecule has 0 atom stereocenters. The first-order valence-corrected chi connectivity index (χ1v) is 16.2. The zero-order valence-corrected chi connectivity index (χ0v) is 25.7. The zero-order chi connectivity index (χ0) is 30.5. The summed E-state index contributed by atoms with van der Waals surface area (Å²) in [6.45, 7) is 0. The van der Waals surface area contributed by atoms with E-state index in [-0.39, 0.29) is 0 Å². The maximum absolute atomic E-state index is 5.00. The minimum atomic E-state index is 0.956. The van der Waals surface area contributed by atoms with E-state index in [0.717, 1.165) is 38.5 Å². The van der Waals surface area contributed by atoms with Crippen LogP contribution in [0.15, 0.2) is 164 Å². The first-order chi connectivity index (χ1) is 22.8. The minimum Gasteiger partial charge on any atom is -0.309 e. The van der Waals surface area contributed by atoms with Gasteiger partial charge in [-0.15, -0.1) is 11.3 Å². The van der Waals surface area contributed by atoms with Crippen LogP contribution in [0.5, 0.6) is 0 Å². The Morgan fingerprint density at radius 1 is 0.500 bits per heavy atom. The van der Waals surface area contributed by atoms with E-state index >= 15 is 0 Å². The third-order valence-corrected chi connectivity index (χ3v) is 9.78. The first kappa shape index (κ1) is 26.6. The maximum Gasteiger partial charge on any atom is 0.124 e. The van der Waals surface area contributed by atoms with E-state index in [0.29, 0.717) is 0 Å². The minimum absolute atomic E-state index is 0.956. The van der Waals surface area contributed by atoms with E-state index in [1.807, 2.05) is 18.3 Å². The summed E-state index contributed by atoms with van der Waals surface area (Å²) in [5.41, 5.74) is 12.4. The predicted molar refractivity (Wildman–Crippen MR) is 193 cm³/mol. The molecule has 0 fully saturated rings. The van der Waals surface area contributed by atoms with Crippen molar-refractivity contribution < 1.29 is 0 Å². The second-order valence-electron chi connectivity index (χ2n) is 11.5. The lowest BCUT2D eigenvalue weighted by Crippen LogP contribution is -1.96. The Kier molecular flexibility index (Phi) is 6.32. The Hall–Kier alpha value is -5.84. The topological polar surface area (TPSA) is 30.7 Å². The third kappa shape index (κ3) is 4.50. The van der Waals surface area contributed by atoms with Crippen molar-refractivity contribution in [3.63, 3.8) is 0 Å². The highest BCUT2D eigenvalue weighted by molar-refractivity contribution is 7.21. The molecule has 0 spiro atoms. The SMILES string of the molecule is c1ccc(-c2ccc(-c3cccc4c5ccc(-c6nc7ccccc7s6)cc5n(-c5cccc(-c6ccccn6)c5)c34)cc2)cc1. The van der Waals surface area contributed by atoms with E-state index in [4.69, 9.17) is 4.98 Å². The van der Waals surface area contributed by atoms with Gasteiger partial charge in [0.1, 0.15) is 5.01 Å². The molecule has 0 bridgehead atoms. The van der Waals surface area contributed by atoms with Crippen LogP contribution >= 0.6 is 11.3 Å². The summed E-state index contributed by atoms with van der Waals surface area (Å²) in [6, 6.07) is 56.1. The number of rotatable bonds is 5. The fourth-order valence-corrected chi connectivity index (χ4v) is 7.47. The number of hydrogen-bond acceptors (Lipinski definition) is 3. The summed E-state index contributed by atoms with van der Waals surface area (Å²) >= 11 is 1.74. The van der Waals surface area contributed by atoms with Crippen LogP contribution in [0.25, 0.3) is 81.8 Å². The van der Waals surface area contributed by atoms with Crippen LogP contribution in [0.1, 0.15) is 0 Å². The zero-order valence-electron chi connectivity index (χ0n) is 24.8. The van der Waals surface area contributed by atoms with Gasteiger partial charge in [-0.05, 0) is 59.2 Å². The van der Waals surface area contributed by atoms with E-state index in [2.05, 4.69) is 155 Å². The first-order valence-electron chi connectivity index (χ1n) is 15.4. The number of para-hydroxylation sites is 2. The van der Waals surface area contributed by atoms with Gasteiger partial charge in [0.05, 0.1) is 26.9 Å². The van der Waals surface area contributed by atoms with Gasteiger partial charge in [-0.25, -0.2) is 4.98 Å². The van der Waals surface area contributed by atoms with E-state index in [1.165, 1.54) is 43.2 Å². The Balaban J connectivity index is 1.29. The molecule has 0 aliphatic carbocycles. The van der Waals surface area contributed by atoms with Crippen molar-refractivity contribution in [1.29, 1.82) is 0 Å². The molecule has 3 heterocycles. The van der Waals surface area contributed by atoms with Crippen LogP contribution in [-0.4, -0.2) is 14.5 Å². The van der Waals surface area contributed by atoms with Crippen molar-refractivity contribution in [3.8, 4) is 49.8 Å². The fourth-order valence-electron chi connectivity index (χ4n) is 6.51. The number of nitrogens with zero attached hydrogens (tertiary/aromatic N) is 3. The average Bonchev–Trinajstić information content (AvgIpc) is 3.72. The molecule has 3 aromatic heterocycles. The van der Waals surface area contributed by atoms with Crippen molar-refractivity contribution in [2.45, 2.75) is 0 Å². The molecular formula is C42H27N3S. The number of hydrogen-bond donors (Lipinski definition) is 0. The van der Waals surface area contributed by atoms with E-state index in [1.54, 1.807) is 11.3 Å². The molecule has 0 radical (unpaired) electrons. The lowest BCUT2D eigenvalue weighted by molar-refractivity contribution is 1.18. The number of aromatic nitrogens is 3. The fraction of sp³-hybridized carbons (Fsp3) is 0. The quantitative estimate of drug-likeness (QED) is 0.195. The molecule has 216 valence electrons. The molecule has 3 nitrogen and oxygen atoms in total. The Bertz CT molecular complexity index is 2480. The van der Waals surface area contributed by atoms with Crippen molar-refractivity contribution in [1.82, 2.24) is 14.5 Å². The van der Waals surface area contributed by atoms with E-state index < -0.39 is 0 Å². The van der Waals surface area contributed by atoms with Crippen molar-refractivity contribution in [2.24, 2.45) is 0 Å². The second kappa shape index (κ2) is 11.0. The van der Waals surface area contributed by atoms with E-state index in [9.17, 15) is 0 Å². The Labute approximate surface area is 270 Å². The molecule has 9 rings (SSSR count). The number of benzene rings is 6. The summed E-state index contributed by atoms with van der Waals surface area (Å²) in [5.74, 6) is 0. The maximum atomic E-state index is 5.00. The predicted octanol–water partition coefficient (Wildman–Crippen LogP) is 11.5. The standard InChI is InChI=1S/C42H27N3S/c1-2-10-28(11-3-1)29-19-21-30(22-20-29)34-14-9-15-36-35-24-23-32(42-44-38-17-4-5-18-40(38)46-42)27-39(35)45(41(34)36)33-13-8-12-31(26-33)37-16-6-7-25-43-37/h1-27H. The number of thiazole rings is 1. The smallest absolute Gasteiger partial charge is 0.124 e. The molecule has 0 saturated carbocycles. The van der Waals surface area contributed by atoms with Gasteiger partial charge in [0.25, 0.3) is 0 Å². The van der Waals surface area contributed by atoms with Gasteiger partial charge in [-0.3, -0.25) is 4.98 Å². The van der Waals surface area contributed by atoms with Gasteiger partial charge >= 0.3 is 0 Å². The molecule has 46 heavy (non-hydrogen) atoms.